The van der Waals surface area contributed by atoms with E-state index >= 15 is 4.79 Å². The second-order valence-electron chi connectivity index (χ2n) is 25.8. The second-order valence-corrected chi connectivity index (χ2v) is 25.8. The SMILES string of the molecule is CCCC[C@H](NC(=O)[C@@H](NC(=O)[C@H](Cc1ccc(O)cc1)NC(=O)[C@H](CO)NC(=O)[C@H](CO)NC(=O)CN)[C@@H](C)O)C(=O)N[C@H]1CCC(=O)NCCCC[C@@H](C(N)=O)NC(=O)[C@H](Cc2c[nH]c3ccccc23)NC(=O)[C@H](CCCN=C(N)N)NC(=O)[C@@H](Cc2ccccc2)NC(=O)[C@@H]2C[C@@H](O)CN2C1=O. The summed E-state index contributed by atoms with van der Waals surface area (Å²) in [5.41, 5.74) is 24.6. The van der Waals surface area contributed by atoms with E-state index in [-0.39, 0.29) is 89.0 Å². The van der Waals surface area contributed by atoms with Crippen molar-refractivity contribution in [1.29, 1.82) is 0 Å². The van der Waals surface area contributed by atoms with E-state index < -0.39 is 201 Å². The van der Waals surface area contributed by atoms with Crippen LogP contribution in [-0.2, 0) is 81.6 Å². The van der Waals surface area contributed by atoms with Crippen LogP contribution >= 0.6 is 0 Å². The van der Waals surface area contributed by atoms with Crippen molar-refractivity contribution in [2.45, 2.75) is 182 Å². The number of rotatable bonds is 29. The third kappa shape index (κ3) is 25.8. The van der Waals surface area contributed by atoms with Crippen LogP contribution in [0.4, 0.5) is 0 Å². The molecule has 0 bridgehead atoms. The zero-order valence-corrected chi connectivity index (χ0v) is 58.5. The van der Waals surface area contributed by atoms with Crippen LogP contribution in [0.3, 0.4) is 0 Å². The molecule has 2 saturated heterocycles. The molecule has 2 aliphatic heterocycles. The highest BCUT2D eigenvalue weighted by molar-refractivity contribution is 6.00. The maximum atomic E-state index is 15.2. The number of hydrogen-bond acceptors (Lipinski definition) is 20. The molecule has 572 valence electrons. The van der Waals surface area contributed by atoms with Crippen molar-refractivity contribution in [3.63, 3.8) is 0 Å². The molecule has 1 aromatic heterocycles. The fourth-order valence-electron chi connectivity index (χ4n) is 11.9. The van der Waals surface area contributed by atoms with E-state index in [1.165, 1.54) is 24.3 Å². The molecule has 3 heterocycles. The number of unbranched alkanes of at least 4 members (excludes halogenated alkanes) is 1. The van der Waals surface area contributed by atoms with Gasteiger partial charge in [0.05, 0.1) is 32.0 Å². The predicted molar refractivity (Wildman–Crippen MR) is 379 cm³/mol. The standard InChI is InChI=1S/C69H98N18O18/c1-3-4-16-46(80-67(104)57(37(2)90)86-63(100)50(29-39-20-22-41(91)23-21-39)82-65(102)53(36-89)85-64(101)52(35-88)77-56(94)32-70)59(96)81-48-24-25-55(93)74-26-11-10-18-45(58(71)95)78-62(99)51(30-40-33-76-44-17-9-8-15-43(40)44)83-60(97)47(19-12-27-75-69(72)73)79-61(98)49(28-38-13-6-5-7-14-38)84-66(103)54-31-42(92)34-87(54)68(48)105/h5-9,13-15,17,20-23,33,37,42,45-54,57,76,88-92H,3-4,10-12,16,18-19,24-32,34-36,70H2,1-2H3,(H2,71,95)(H,74,93)(H,77,94)(H,78,99)(H,79,98)(H,80,104)(H,81,96)(H,82,102)(H,83,97)(H,84,103)(H,85,101)(H,86,100)(H4,72,73,75)/t37-,42-,45+,46+,47+,48+,49-,50+,51+,52+,53+,54+,57+/m1/s1. The monoisotopic (exact) mass is 1470 g/mol. The number of aliphatic imine (C=N–C) groups is 1. The van der Waals surface area contributed by atoms with Crippen molar-refractivity contribution in [3.05, 3.63) is 102 Å². The molecule has 13 amide bonds. The number of guanidine groups is 1. The number of H-pyrrole nitrogens is 1. The smallest absolute Gasteiger partial charge is 0.245 e. The summed E-state index contributed by atoms with van der Waals surface area (Å²) in [7, 11) is 0. The first-order valence-electron chi connectivity index (χ1n) is 34.7. The Kier molecular flexibility index (Phi) is 32.8. The summed E-state index contributed by atoms with van der Waals surface area (Å²) in [6, 6.07) is 3.42. The molecule has 4 aromatic rings. The van der Waals surface area contributed by atoms with E-state index in [9.17, 15) is 83.1 Å². The summed E-state index contributed by atoms with van der Waals surface area (Å²) in [5.74, 6) is -13.0. The van der Waals surface area contributed by atoms with Gasteiger partial charge in [0.2, 0.25) is 76.8 Å². The number of amides is 13. The molecule has 105 heavy (non-hydrogen) atoms. The van der Waals surface area contributed by atoms with Gasteiger partial charge in [0, 0.05) is 68.8 Å². The van der Waals surface area contributed by atoms with E-state index in [1.54, 1.807) is 55.6 Å². The Morgan fingerprint density at radius 2 is 1.28 bits per heavy atom. The highest BCUT2D eigenvalue weighted by atomic mass is 16.3. The van der Waals surface area contributed by atoms with E-state index in [4.69, 9.17) is 22.9 Å². The molecule has 36 heteroatoms. The largest absolute Gasteiger partial charge is 0.508 e. The molecule has 2 fully saturated rings. The van der Waals surface area contributed by atoms with Crippen LogP contribution < -0.4 is 81.4 Å². The van der Waals surface area contributed by atoms with Crippen LogP contribution in [0.2, 0.25) is 0 Å². The molecule has 25 N–H and O–H groups in total. The van der Waals surface area contributed by atoms with Gasteiger partial charge in [0.15, 0.2) is 5.96 Å². The van der Waals surface area contributed by atoms with Crippen molar-refractivity contribution in [2.75, 3.05) is 39.4 Å². The number of phenols is 1. The lowest BCUT2D eigenvalue weighted by Gasteiger charge is -2.31. The van der Waals surface area contributed by atoms with E-state index in [0.29, 0.717) is 23.1 Å². The summed E-state index contributed by atoms with van der Waals surface area (Å²) >= 11 is 0. The number of phenolic OH excluding ortho intramolecular Hbond substituents is 1. The first-order valence-corrected chi connectivity index (χ1v) is 34.7. The lowest BCUT2D eigenvalue weighted by Crippen LogP contribution is -2.62. The lowest BCUT2D eigenvalue weighted by atomic mass is 10.0. The van der Waals surface area contributed by atoms with Crippen LogP contribution in [0.15, 0.2) is 90.1 Å². The minimum atomic E-state index is -1.91. The van der Waals surface area contributed by atoms with Gasteiger partial charge in [-0.3, -0.25) is 67.3 Å². The zero-order chi connectivity index (χ0) is 76.9. The van der Waals surface area contributed by atoms with Gasteiger partial charge in [-0.15, -0.1) is 0 Å². The number of aromatic amines is 1. The zero-order valence-electron chi connectivity index (χ0n) is 58.5. The van der Waals surface area contributed by atoms with Gasteiger partial charge in [-0.05, 0) is 86.8 Å². The van der Waals surface area contributed by atoms with Crippen molar-refractivity contribution in [1.82, 2.24) is 68.4 Å². The van der Waals surface area contributed by atoms with Crippen LogP contribution in [0.25, 0.3) is 10.9 Å². The number of nitrogens with one attached hydrogen (secondary N) is 12. The van der Waals surface area contributed by atoms with Crippen molar-refractivity contribution < 1.29 is 87.9 Å². The van der Waals surface area contributed by atoms with Gasteiger partial charge in [-0.25, -0.2) is 0 Å². The summed E-state index contributed by atoms with van der Waals surface area (Å²) in [4.78, 5) is 192. The minimum Gasteiger partial charge on any atom is -0.508 e. The molecule has 2 aliphatic rings. The molecule has 0 aliphatic carbocycles. The van der Waals surface area contributed by atoms with E-state index in [2.05, 4.69) is 68.5 Å². The topological polar surface area (TPSA) is 591 Å². The Morgan fingerprint density at radius 3 is 1.93 bits per heavy atom. The van der Waals surface area contributed by atoms with Gasteiger partial charge in [-0.1, -0.05) is 80.4 Å². The van der Waals surface area contributed by atoms with E-state index in [1.807, 2.05) is 12.1 Å². The number of para-hydroxylation sites is 1. The van der Waals surface area contributed by atoms with Gasteiger partial charge in [0.25, 0.3) is 0 Å². The fourth-order valence-corrected chi connectivity index (χ4v) is 11.9. The molecule has 0 spiro atoms. The van der Waals surface area contributed by atoms with Gasteiger partial charge in [0.1, 0.15) is 72.2 Å². The molecule has 0 saturated carbocycles. The Labute approximate surface area is 604 Å². The number of fused-ring (bicyclic) bond motifs is 2. The number of hydrogen-bond donors (Lipinski definition) is 21. The van der Waals surface area contributed by atoms with Gasteiger partial charge in [-0.2, -0.15) is 0 Å². The van der Waals surface area contributed by atoms with Crippen LogP contribution in [0.1, 0.15) is 101 Å². The van der Waals surface area contributed by atoms with Crippen LogP contribution in [0.5, 0.6) is 5.75 Å². The average molecular weight is 1470 g/mol. The lowest BCUT2D eigenvalue weighted by molar-refractivity contribution is -0.143. The molecule has 13 atom stereocenters. The minimum absolute atomic E-state index is 0.00543. The highest BCUT2D eigenvalue weighted by Gasteiger charge is 2.44. The molecule has 6 rings (SSSR count). The summed E-state index contributed by atoms with van der Waals surface area (Å²) in [6.07, 6.45) is -2.62. The number of nitrogens with two attached hydrogens (primary N) is 4. The Bertz CT molecular complexity index is 3690. The first kappa shape index (κ1) is 83.1. The number of carbonyl (C=O) groups excluding carboxylic acids is 13. The number of aromatic nitrogens is 1. The third-order valence-corrected chi connectivity index (χ3v) is 17.7. The van der Waals surface area contributed by atoms with Crippen LogP contribution in [-0.4, -0.2) is 236 Å². The molecule has 0 unspecified atom stereocenters. The fraction of sp³-hybridized carbons (Fsp3) is 0.507. The molecule has 36 nitrogen and oxygen atoms in total. The number of aromatic hydroxyl groups is 1. The number of carbonyl (C=O) groups is 13. The van der Waals surface area contributed by atoms with Crippen molar-refractivity contribution >= 4 is 93.7 Å². The van der Waals surface area contributed by atoms with Gasteiger partial charge >= 0.3 is 0 Å². The summed E-state index contributed by atoms with van der Waals surface area (Å²) in [6.45, 7) is -0.212. The number of aliphatic hydroxyl groups is 4. The Balaban J connectivity index is 1.30. The number of aliphatic hydroxyl groups excluding tert-OH is 4. The summed E-state index contributed by atoms with van der Waals surface area (Å²) in [5, 5.41) is 80.9. The second kappa shape index (κ2) is 41.5. The average Bonchev–Trinajstić information content (AvgIpc) is 1.72. The predicted octanol–water partition coefficient (Wildman–Crippen LogP) is -6.16. The number of nitrogens with zero attached hydrogens (tertiary/aromatic N) is 2. The molecule has 0 radical (unpaired) electrons. The molecule has 3 aromatic carbocycles. The number of benzene rings is 3. The normalized spacial score (nSPS) is 21.2. The third-order valence-electron chi connectivity index (χ3n) is 17.7. The summed E-state index contributed by atoms with van der Waals surface area (Å²) < 4.78 is 0. The molecular weight excluding hydrogens is 1370 g/mol. The van der Waals surface area contributed by atoms with Crippen molar-refractivity contribution in [2.24, 2.45) is 27.9 Å². The molecular formula is C69H98N18O18. The Hall–Kier alpha value is -10.8. The Morgan fingerprint density at radius 1 is 0.667 bits per heavy atom. The quantitative estimate of drug-likeness (QED) is 0.0137. The first-order chi connectivity index (χ1) is 50.1. The van der Waals surface area contributed by atoms with Crippen LogP contribution in [0, 0.1) is 0 Å². The maximum absolute atomic E-state index is 15.2. The highest BCUT2D eigenvalue weighted by Crippen LogP contribution is 2.24. The van der Waals surface area contributed by atoms with E-state index in [0.717, 1.165) is 22.7 Å². The maximum Gasteiger partial charge on any atom is 0.245 e. The number of primary amides is 1. The van der Waals surface area contributed by atoms with Crippen molar-refractivity contribution in [3.8, 4) is 5.75 Å². The van der Waals surface area contributed by atoms with Gasteiger partial charge < -0.3 is 117 Å².